The van der Waals surface area contributed by atoms with Crippen molar-refractivity contribution >= 4 is 0 Å². The van der Waals surface area contributed by atoms with E-state index in [9.17, 15) is 0 Å². The third-order valence-corrected chi connectivity index (χ3v) is 2.82. The first kappa shape index (κ1) is 10.9. The van der Waals surface area contributed by atoms with Gasteiger partial charge in [-0.25, -0.2) is 0 Å². The third-order valence-electron chi connectivity index (χ3n) is 2.82. The Kier molecular flexibility index (Phi) is 3.06. The maximum absolute atomic E-state index is 6.12. The topological polar surface area (TPSA) is 54.7 Å². The molecule has 0 fully saturated rings. The molecule has 3 nitrogen and oxygen atoms in total. The molecular weight excluding hydrogens is 198 g/mol. The van der Waals surface area contributed by atoms with Gasteiger partial charge in [0.25, 0.3) is 0 Å². The Bertz CT molecular complexity index is 429. The second kappa shape index (κ2) is 4.49. The second-order valence-corrected chi connectivity index (χ2v) is 4.31. The Labute approximate surface area is 95.7 Å². The zero-order chi connectivity index (χ0) is 11.5. The minimum atomic E-state index is -0.122. The molecule has 3 N–H and O–H groups in total. The molecule has 0 saturated heterocycles. The summed E-state index contributed by atoms with van der Waals surface area (Å²) >= 11 is 0. The van der Waals surface area contributed by atoms with Gasteiger partial charge in [-0.1, -0.05) is 38.1 Å². The predicted molar refractivity (Wildman–Crippen MR) is 65.1 cm³/mol. The summed E-state index contributed by atoms with van der Waals surface area (Å²) < 4.78 is 0. The van der Waals surface area contributed by atoms with Crippen LogP contribution in [0.2, 0.25) is 0 Å². The maximum Gasteiger partial charge on any atom is 0.0720 e. The van der Waals surface area contributed by atoms with Crippen molar-refractivity contribution in [3.63, 3.8) is 0 Å². The number of benzene rings is 1. The van der Waals surface area contributed by atoms with E-state index in [1.807, 2.05) is 6.07 Å². The van der Waals surface area contributed by atoms with Gasteiger partial charge in [-0.15, -0.1) is 0 Å². The Morgan fingerprint density at radius 2 is 1.69 bits per heavy atom. The lowest BCUT2D eigenvalue weighted by Gasteiger charge is -2.11. The fraction of sp³-hybridized carbons (Fsp3) is 0.308. The molecule has 16 heavy (non-hydrogen) atoms. The van der Waals surface area contributed by atoms with Crippen LogP contribution in [0, 0.1) is 0 Å². The van der Waals surface area contributed by atoms with Crippen molar-refractivity contribution < 1.29 is 0 Å². The number of nitrogens with zero attached hydrogens (tertiary/aromatic N) is 1. The van der Waals surface area contributed by atoms with E-state index in [2.05, 4.69) is 48.3 Å². The highest BCUT2D eigenvalue weighted by Crippen LogP contribution is 2.20. The molecule has 0 aliphatic heterocycles. The highest BCUT2D eigenvalue weighted by molar-refractivity contribution is 5.30. The molecule has 1 aromatic carbocycles. The number of hydrogen-bond donors (Lipinski definition) is 2. The lowest BCUT2D eigenvalue weighted by atomic mass is 9.98. The van der Waals surface area contributed by atoms with E-state index in [0.29, 0.717) is 5.92 Å². The Hall–Kier alpha value is -1.61. The molecule has 0 bridgehead atoms. The summed E-state index contributed by atoms with van der Waals surface area (Å²) in [6.07, 6.45) is 1.72. The van der Waals surface area contributed by atoms with E-state index in [1.54, 1.807) is 6.20 Å². The van der Waals surface area contributed by atoms with Gasteiger partial charge < -0.3 is 5.73 Å². The molecule has 1 atom stereocenters. The molecule has 0 amide bonds. The molecule has 0 radical (unpaired) electrons. The molecule has 1 unspecified atom stereocenters. The summed E-state index contributed by atoms with van der Waals surface area (Å²) in [5.74, 6) is 0.553. The van der Waals surface area contributed by atoms with Crippen molar-refractivity contribution in [2.24, 2.45) is 5.73 Å². The standard InChI is InChI=1S/C13H17N3/c1-9(2)10-3-5-11(6-4-10)13(14)12-7-8-15-16-12/h3-9,13H,14H2,1-2H3,(H,15,16). The Morgan fingerprint density at radius 3 is 2.19 bits per heavy atom. The highest BCUT2D eigenvalue weighted by Gasteiger charge is 2.10. The highest BCUT2D eigenvalue weighted by atomic mass is 15.1. The van der Waals surface area contributed by atoms with Gasteiger partial charge in [-0.3, -0.25) is 5.10 Å². The van der Waals surface area contributed by atoms with Crippen LogP contribution < -0.4 is 5.73 Å². The summed E-state index contributed by atoms with van der Waals surface area (Å²) in [7, 11) is 0. The number of rotatable bonds is 3. The van der Waals surface area contributed by atoms with Gasteiger partial charge in [0.1, 0.15) is 0 Å². The van der Waals surface area contributed by atoms with Crippen LogP contribution in [0.3, 0.4) is 0 Å². The minimum absolute atomic E-state index is 0.122. The maximum atomic E-state index is 6.12. The van der Waals surface area contributed by atoms with Crippen LogP contribution in [-0.2, 0) is 0 Å². The number of hydrogen-bond acceptors (Lipinski definition) is 2. The van der Waals surface area contributed by atoms with E-state index in [4.69, 9.17) is 5.73 Å². The molecule has 0 aliphatic carbocycles. The van der Waals surface area contributed by atoms with Crippen LogP contribution in [0.25, 0.3) is 0 Å². The summed E-state index contributed by atoms with van der Waals surface area (Å²) in [5, 5.41) is 6.81. The normalized spacial score (nSPS) is 13.0. The average molecular weight is 215 g/mol. The number of aromatic nitrogens is 2. The molecule has 84 valence electrons. The SMILES string of the molecule is CC(C)c1ccc(C(N)c2ccn[nH]2)cc1. The monoisotopic (exact) mass is 215 g/mol. The Balaban J connectivity index is 2.22. The van der Waals surface area contributed by atoms with Gasteiger partial charge in [0.2, 0.25) is 0 Å². The zero-order valence-electron chi connectivity index (χ0n) is 9.64. The minimum Gasteiger partial charge on any atom is -0.319 e. The number of H-pyrrole nitrogens is 1. The van der Waals surface area contributed by atoms with Crippen LogP contribution in [0.5, 0.6) is 0 Å². The van der Waals surface area contributed by atoms with Crippen molar-refractivity contribution in [2.75, 3.05) is 0 Å². The van der Waals surface area contributed by atoms with E-state index in [-0.39, 0.29) is 6.04 Å². The molecule has 1 aromatic heterocycles. The number of nitrogens with one attached hydrogen (secondary N) is 1. The zero-order valence-corrected chi connectivity index (χ0v) is 9.64. The molecular formula is C13H17N3. The summed E-state index contributed by atoms with van der Waals surface area (Å²) in [5.41, 5.74) is 9.50. The first-order valence-corrected chi connectivity index (χ1v) is 5.53. The van der Waals surface area contributed by atoms with Crippen LogP contribution in [-0.4, -0.2) is 10.2 Å². The van der Waals surface area contributed by atoms with Gasteiger partial charge in [0.15, 0.2) is 0 Å². The van der Waals surface area contributed by atoms with Gasteiger partial charge in [-0.05, 0) is 23.1 Å². The Morgan fingerprint density at radius 1 is 1.06 bits per heavy atom. The van der Waals surface area contributed by atoms with Crippen molar-refractivity contribution in [3.8, 4) is 0 Å². The van der Waals surface area contributed by atoms with Gasteiger partial charge >= 0.3 is 0 Å². The lowest BCUT2D eigenvalue weighted by Crippen LogP contribution is -2.12. The van der Waals surface area contributed by atoms with Gasteiger partial charge in [-0.2, -0.15) is 5.10 Å². The fourth-order valence-electron chi connectivity index (χ4n) is 1.71. The average Bonchev–Trinajstić information content (AvgIpc) is 2.81. The molecule has 0 aliphatic rings. The van der Waals surface area contributed by atoms with Crippen molar-refractivity contribution in [2.45, 2.75) is 25.8 Å². The second-order valence-electron chi connectivity index (χ2n) is 4.31. The van der Waals surface area contributed by atoms with Crippen molar-refractivity contribution in [1.82, 2.24) is 10.2 Å². The number of aromatic amines is 1. The lowest BCUT2D eigenvalue weighted by molar-refractivity contribution is 0.810. The molecule has 1 heterocycles. The van der Waals surface area contributed by atoms with Crippen LogP contribution in [0.4, 0.5) is 0 Å². The molecule has 3 heteroatoms. The van der Waals surface area contributed by atoms with Crippen molar-refractivity contribution in [3.05, 3.63) is 53.3 Å². The quantitative estimate of drug-likeness (QED) is 0.826. The van der Waals surface area contributed by atoms with Crippen LogP contribution in [0.15, 0.2) is 36.5 Å². The largest absolute Gasteiger partial charge is 0.319 e. The number of nitrogens with two attached hydrogens (primary N) is 1. The predicted octanol–water partition coefficient (Wildman–Crippen LogP) is 2.58. The van der Waals surface area contributed by atoms with E-state index < -0.39 is 0 Å². The summed E-state index contributed by atoms with van der Waals surface area (Å²) in [6.45, 7) is 4.37. The first-order valence-electron chi connectivity index (χ1n) is 5.53. The summed E-state index contributed by atoms with van der Waals surface area (Å²) in [6, 6.07) is 10.2. The molecule has 0 saturated carbocycles. The third kappa shape index (κ3) is 2.14. The van der Waals surface area contributed by atoms with Crippen LogP contribution in [0.1, 0.15) is 42.6 Å². The van der Waals surface area contributed by atoms with E-state index in [1.165, 1.54) is 5.56 Å². The first-order chi connectivity index (χ1) is 7.68. The van der Waals surface area contributed by atoms with E-state index in [0.717, 1.165) is 11.3 Å². The van der Waals surface area contributed by atoms with E-state index >= 15 is 0 Å². The molecule has 0 spiro atoms. The van der Waals surface area contributed by atoms with Crippen LogP contribution >= 0.6 is 0 Å². The molecule has 2 rings (SSSR count). The fourth-order valence-corrected chi connectivity index (χ4v) is 1.71. The summed E-state index contributed by atoms with van der Waals surface area (Å²) in [4.78, 5) is 0. The smallest absolute Gasteiger partial charge is 0.0720 e. The molecule has 2 aromatic rings. The van der Waals surface area contributed by atoms with Gasteiger partial charge in [0.05, 0.1) is 11.7 Å². The van der Waals surface area contributed by atoms with Crippen molar-refractivity contribution in [1.29, 1.82) is 0 Å². The van der Waals surface area contributed by atoms with Gasteiger partial charge in [0, 0.05) is 6.20 Å².